The van der Waals surface area contributed by atoms with Gasteiger partial charge in [0.2, 0.25) is 10.0 Å². The zero-order valence-electron chi connectivity index (χ0n) is 14.6. The third kappa shape index (κ3) is 3.40. The number of benzene rings is 2. The monoisotopic (exact) mass is 372 g/mol. The summed E-state index contributed by atoms with van der Waals surface area (Å²) in [4.78, 5) is 10.9. The Labute approximate surface area is 153 Å². The molecule has 0 aromatic heterocycles. The lowest BCUT2D eigenvalue weighted by molar-refractivity contribution is -0.384. The first-order valence-electron chi connectivity index (χ1n) is 8.31. The van der Waals surface area contributed by atoms with Crippen LogP contribution in [0.5, 0.6) is 0 Å². The third-order valence-corrected chi connectivity index (χ3v) is 6.89. The van der Waals surface area contributed by atoms with Gasteiger partial charge in [-0.3, -0.25) is 10.1 Å². The fourth-order valence-corrected chi connectivity index (χ4v) is 4.65. The van der Waals surface area contributed by atoms with E-state index in [0.29, 0.717) is 23.3 Å². The lowest BCUT2D eigenvalue weighted by Gasteiger charge is -2.27. The zero-order chi connectivity index (χ0) is 18.9. The molecular weight excluding hydrogens is 352 g/mol. The summed E-state index contributed by atoms with van der Waals surface area (Å²) in [5, 5.41) is 11.0. The van der Waals surface area contributed by atoms with Gasteiger partial charge in [-0.2, -0.15) is 4.31 Å². The molecule has 2 aromatic carbocycles. The van der Waals surface area contributed by atoms with Gasteiger partial charge in [0.05, 0.1) is 9.83 Å². The van der Waals surface area contributed by atoms with Crippen molar-refractivity contribution in [2.45, 2.75) is 25.8 Å². The molecule has 1 aliphatic carbocycles. The van der Waals surface area contributed by atoms with Crippen LogP contribution >= 0.6 is 0 Å². The van der Waals surface area contributed by atoms with Crippen molar-refractivity contribution in [3.8, 4) is 0 Å². The number of nitro benzene ring substituents is 1. The lowest BCUT2D eigenvalue weighted by Crippen LogP contribution is -2.31. The van der Waals surface area contributed by atoms with Gasteiger partial charge < -0.3 is 0 Å². The van der Waals surface area contributed by atoms with Crippen molar-refractivity contribution in [3.63, 3.8) is 0 Å². The Hall–Kier alpha value is -2.51. The Kier molecular flexibility index (Phi) is 4.93. The van der Waals surface area contributed by atoms with Crippen LogP contribution in [0.4, 0.5) is 5.69 Å². The quantitative estimate of drug-likeness (QED) is 0.589. The second-order valence-electron chi connectivity index (χ2n) is 6.36. The van der Waals surface area contributed by atoms with Crippen LogP contribution in [0.2, 0.25) is 0 Å². The molecule has 1 atom stereocenters. The molecule has 0 aliphatic heterocycles. The molecule has 7 heteroatoms. The molecule has 0 saturated heterocycles. The Morgan fingerprint density at radius 2 is 1.85 bits per heavy atom. The minimum atomic E-state index is -3.66. The van der Waals surface area contributed by atoms with Crippen LogP contribution in [0.1, 0.15) is 36.1 Å². The Morgan fingerprint density at radius 3 is 2.58 bits per heavy atom. The SMILES string of the molecule is C[C@H](c1cccc([N+](=O)[O-])c1)N(C)S(=O)(=O)C1=Cc2ccccc2CC1. The van der Waals surface area contributed by atoms with Gasteiger partial charge in [-0.15, -0.1) is 0 Å². The molecule has 0 saturated carbocycles. The van der Waals surface area contributed by atoms with Gasteiger partial charge >= 0.3 is 0 Å². The van der Waals surface area contributed by atoms with Crippen molar-refractivity contribution < 1.29 is 13.3 Å². The van der Waals surface area contributed by atoms with Gasteiger partial charge in [-0.05, 0) is 42.5 Å². The largest absolute Gasteiger partial charge is 0.269 e. The van der Waals surface area contributed by atoms with Crippen molar-refractivity contribution >= 4 is 21.8 Å². The molecule has 0 heterocycles. The number of fused-ring (bicyclic) bond motifs is 1. The summed E-state index contributed by atoms with van der Waals surface area (Å²) in [7, 11) is -2.15. The molecule has 3 rings (SSSR count). The molecule has 6 nitrogen and oxygen atoms in total. The molecule has 0 unspecified atom stereocenters. The number of hydrogen-bond donors (Lipinski definition) is 0. The van der Waals surface area contributed by atoms with Crippen molar-refractivity contribution in [1.82, 2.24) is 4.31 Å². The first kappa shape index (κ1) is 18.3. The highest BCUT2D eigenvalue weighted by Crippen LogP contribution is 2.32. The highest BCUT2D eigenvalue weighted by Gasteiger charge is 2.30. The maximum absolute atomic E-state index is 13.1. The number of sulfonamides is 1. The topological polar surface area (TPSA) is 80.5 Å². The van der Waals surface area contributed by atoms with E-state index in [1.807, 2.05) is 24.3 Å². The molecule has 0 N–H and O–H groups in total. The van der Waals surface area contributed by atoms with Crippen LogP contribution in [0, 0.1) is 10.1 Å². The summed E-state index contributed by atoms with van der Waals surface area (Å²) in [6, 6.07) is 13.3. The zero-order valence-corrected chi connectivity index (χ0v) is 15.4. The second kappa shape index (κ2) is 7.01. The van der Waals surface area contributed by atoms with Gasteiger partial charge in [0.15, 0.2) is 0 Å². The molecule has 0 amide bonds. The van der Waals surface area contributed by atoms with E-state index in [1.165, 1.54) is 23.5 Å². The molecular formula is C19H20N2O4S. The van der Waals surface area contributed by atoms with E-state index in [-0.39, 0.29) is 5.69 Å². The first-order valence-corrected chi connectivity index (χ1v) is 9.75. The molecule has 0 fully saturated rings. The predicted molar refractivity (Wildman–Crippen MR) is 101 cm³/mol. The van der Waals surface area contributed by atoms with E-state index in [4.69, 9.17) is 0 Å². The highest BCUT2D eigenvalue weighted by molar-refractivity contribution is 7.93. The molecule has 26 heavy (non-hydrogen) atoms. The van der Waals surface area contributed by atoms with Crippen LogP contribution in [-0.4, -0.2) is 24.7 Å². The number of allylic oxidation sites excluding steroid dienone is 1. The number of non-ortho nitro benzene ring substituents is 1. The Morgan fingerprint density at radius 1 is 1.12 bits per heavy atom. The average molecular weight is 372 g/mol. The molecule has 0 spiro atoms. The minimum absolute atomic E-state index is 0.0500. The van der Waals surface area contributed by atoms with E-state index in [9.17, 15) is 18.5 Å². The van der Waals surface area contributed by atoms with Crippen molar-refractivity contribution in [1.29, 1.82) is 0 Å². The van der Waals surface area contributed by atoms with Gasteiger partial charge in [0.25, 0.3) is 5.69 Å². The maximum atomic E-state index is 13.1. The normalized spacial score (nSPS) is 15.3. The smallest absolute Gasteiger partial charge is 0.258 e. The number of rotatable bonds is 5. The van der Waals surface area contributed by atoms with Crippen molar-refractivity contribution in [3.05, 3.63) is 80.2 Å². The summed E-state index contributed by atoms with van der Waals surface area (Å²) in [5.74, 6) is 0. The standard InChI is InChI=1S/C19H20N2O4S/c1-14(16-8-5-9-18(12-16)21(22)23)20(2)26(24,25)19-11-10-15-6-3-4-7-17(15)13-19/h3-9,12-14H,10-11H2,1-2H3/t14-/m1/s1. The summed E-state index contributed by atoms with van der Waals surface area (Å²) in [5.41, 5.74) is 2.60. The summed E-state index contributed by atoms with van der Waals surface area (Å²) >= 11 is 0. The van der Waals surface area contributed by atoms with E-state index in [0.717, 1.165) is 11.1 Å². The number of hydrogen-bond acceptors (Lipinski definition) is 4. The Balaban J connectivity index is 1.91. The molecule has 1 aliphatic rings. The third-order valence-electron chi connectivity index (χ3n) is 4.83. The molecule has 0 radical (unpaired) electrons. The van der Waals surface area contributed by atoms with E-state index < -0.39 is 21.0 Å². The van der Waals surface area contributed by atoms with Crippen LogP contribution in [-0.2, 0) is 16.4 Å². The number of nitrogens with zero attached hydrogens (tertiary/aromatic N) is 2. The van der Waals surface area contributed by atoms with Crippen LogP contribution < -0.4 is 0 Å². The number of aryl methyl sites for hydroxylation is 1. The second-order valence-corrected chi connectivity index (χ2v) is 8.41. The fraction of sp³-hybridized carbons (Fsp3) is 0.263. The maximum Gasteiger partial charge on any atom is 0.269 e. The van der Waals surface area contributed by atoms with Crippen molar-refractivity contribution in [2.24, 2.45) is 0 Å². The van der Waals surface area contributed by atoms with Gasteiger partial charge in [0.1, 0.15) is 0 Å². The van der Waals surface area contributed by atoms with Gasteiger partial charge in [-0.25, -0.2) is 8.42 Å². The van der Waals surface area contributed by atoms with Crippen LogP contribution in [0.3, 0.4) is 0 Å². The predicted octanol–water partition coefficient (Wildman–Crippen LogP) is 3.90. The van der Waals surface area contributed by atoms with Crippen LogP contribution in [0.25, 0.3) is 6.08 Å². The summed E-state index contributed by atoms with van der Waals surface area (Å²) < 4.78 is 27.4. The van der Waals surface area contributed by atoms with E-state index in [2.05, 4.69) is 0 Å². The van der Waals surface area contributed by atoms with Crippen molar-refractivity contribution in [2.75, 3.05) is 7.05 Å². The molecule has 136 valence electrons. The van der Waals surface area contributed by atoms with Gasteiger partial charge in [0, 0.05) is 25.2 Å². The first-order chi connectivity index (χ1) is 12.3. The van der Waals surface area contributed by atoms with Gasteiger partial charge in [-0.1, -0.05) is 36.4 Å². The molecule has 0 bridgehead atoms. The minimum Gasteiger partial charge on any atom is -0.258 e. The average Bonchev–Trinajstić information content (AvgIpc) is 2.66. The van der Waals surface area contributed by atoms with E-state index >= 15 is 0 Å². The van der Waals surface area contributed by atoms with Crippen LogP contribution in [0.15, 0.2) is 53.4 Å². The van der Waals surface area contributed by atoms with E-state index in [1.54, 1.807) is 25.1 Å². The number of nitro groups is 1. The lowest BCUT2D eigenvalue weighted by atomic mass is 9.98. The molecule has 2 aromatic rings. The summed E-state index contributed by atoms with van der Waals surface area (Å²) in [6.07, 6.45) is 2.86. The Bertz CT molecular complexity index is 983. The summed E-state index contributed by atoms with van der Waals surface area (Å²) in [6.45, 7) is 1.73. The highest BCUT2D eigenvalue weighted by atomic mass is 32.2. The fourth-order valence-electron chi connectivity index (χ4n) is 3.11.